The number of aliphatic hydroxyl groups is 1. The van der Waals surface area contributed by atoms with Crippen LogP contribution >= 0.6 is 27.5 Å². The SMILES string of the molecule is CCC(CCO)CNC(=O)c1cccc(Br)c1Cl. The van der Waals surface area contributed by atoms with E-state index in [0.717, 1.165) is 6.42 Å². The summed E-state index contributed by atoms with van der Waals surface area (Å²) in [4.78, 5) is 12.0. The number of benzene rings is 1. The lowest BCUT2D eigenvalue weighted by atomic mass is 10.0. The van der Waals surface area contributed by atoms with Gasteiger partial charge in [-0.05, 0) is 40.4 Å². The molecule has 0 aromatic heterocycles. The summed E-state index contributed by atoms with van der Waals surface area (Å²) in [5, 5.41) is 12.2. The molecule has 1 aromatic carbocycles. The molecule has 0 aliphatic carbocycles. The first-order chi connectivity index (χ1) is 8.60. The second kappa shape index (κ2) is 7.77. The number of hydrogen-bond donors (Lipinski definition) is 2. The van der Waals surface area contributed by atoms with Crippen LogP contribution in [-0.2, 0) is 0 Å². The minimum atomic E-state index is -0.183. The quantitative estimate of drug-likeness (QED) is 0.839. The molecule has 0 spiro atoms. The summed E-state index contributed by atoms with van der Waals surface area (Å²) in [5.41, 5.74) is 0.463. The highest BCUT2D eigenvalue weighted by Gasteiger charge is 2.13. The molecule has 3 nitrogen and oxygen atoms in total. The molecule has 0 radical (unpaired) electrons. The van der Waals surface area contributed by atoms with Crippen molar-refractivity contribution in [2.75, 3.05) is 13.2 Å². The molecule has 0 heterocycles. The molecule has 0 aliphatic rings. The van der Waals surface area contributed by atoms with Crippen molar-refractivity contribution in [1.82, 2.24) is 5.32 Å². The number of carbonyl (C=O) groups is 1. The predicted octanol–water partition coefficient (Wildman–Crippen LogP) is 3.24. The molecule has 1 aromatic rings. The molecule has 0 fully saturated rings. The number of hydrogen-bond acceptors (Lipinski definition) is 2. The Hall–Kier alpha value is -0.580. The Morgan fingerprint density at radius 2 is 2.28 bits per heavy atom. The van der Waals surface area contributed by atoms with Crippen LogP contribution in [0.1, 0.15) is 30.1 Å². The van der Waals surface area contributed by atoms with Crippen molar-refractivity contribution in [3.8, 4) is 0 Å². The van der Waals surface area contributed by atoms with Crippen LogP contribution in [0.5, 0.6) is 0 Å². The fourth-order valence-corrected chi connectivity index (χ4v) is 2.22. The lowest BCUT2D eigenvalue weighted by Gasteiger charge is -2.14. The lowest BCUT2D eigenvalue weighted by Crippen LogP contribution is -2.29. The monoisotopic (exact) mass is 333 g/mol. The van der Waals surface area contributed by atoms with Crippen LogP contribution in [0, 0.1) is 5.92 Å². The third-order valence-electron chi connectivity index (χ3n) is 2.86. The van der Waals surface area contributed by atoms with E-state index in [4.69, 9.17) is 16.7 Å². The summed E-state index contributed by atoms with van der Waals surface area (Å²) in [5.74, 6) is 0.113. The predicted molar refractivity (Wildman–Crippen MR) is 77.0 cm³/mol. The van der Waals surface area contributed by atoms with E-state index in [1.165, 1.54) is 0 Å². The molecular weight excluding hydrogens is 318 g/mol. The van der Waals surface area contributed by atoms with Crippen molar-refractivity contribution in [2.24, 2.45) is 5.92 Å². The first-order valence-corrected chi connectivity index (χ1v) is 7.10. The largest absolute Gasteiger partial charge is 0.396 e. The van der Waals surface area contributed by atoms with Crippen molar-refractivity contribution < 1.29 is 9.90 Å². The highest BCUT2D eigenvalue weighted by atomic mass is 79.9. The van der Waals surface area contributed by atoms with Crippen molar-refractivity contribution in [2.45, 2.75) is 19.8 Å². The van der Waals surface area contributed by atoms with Gasteiger partial charge in [0.1, 0.15) is 0 Å². The molecule has 1 rings (SSSR count). The molecule has 5 heteroatoms. The van der Waals surface area contributed by atoms with E-state index in [2.05, 4.69) is 21.2 Å². The van der Waals surface area contributed by atoms with Crippen LogP contribution in [0.25, 0.3) is 0 Å². The standard InChI is InChI=1S/C13H17BrClNO2/c1-2-9(6-7-17)8-16-13(18)10-4-3-5-11(14)12(10)15/h3-5,9,17H,2,6-8H2,1H3,(H,16,18). The number of carbonyl (C=O) groups excluding carboxylic acids is 1. The summed E-state index contributed by atoms with van der Waals surface area (Å²) in [6.07, 6.45) is 1.62. The van der Waals surface area contributed by atoms with Crippen LogP contribution in [0.3, 0.4) is 0 Å². The summed E-state index contributed by atoms with van der Waals surface area (Å²) < 4.78 is 0.708. The van der Waals surface area contributed by atoms with Crippen molar-refractivity contribution in [3.05, 3.63) is 33.3 Å². The van der Waals surface area contributed by atoms with E-state index < -0.39 is 0 Å². The van der Waals surface area contributed by atoms with E-state index in [1.807, 2.05) is 6.92 Å². The molecule has 1 amide bonds. The molecule has 0 aliphatic heterocycles. The molecule has 2 N–H and O–H groups in total. The second-order valence-corrected chi connectivity index (χ2v) is 5.33. The number of rotatable bonds is 6. The first kappa shape index (κ1) is 15.5. The van der Waals surface area contributed by atoms with Crippen molar-refractivity contribution in [3.63, 3.8) is 0 Å². The van der Waals surface area contributed by atoms with Gasteiger partial charge in [0.05, 0.1) is 10.6 Å². The van der Waals surface area contributed by atoms with Gasteiger partial charge in [-0.1, -0.05) is 31.0 Å². The Morgan fingerprint density at radius 3 is 2.89 bits per heavy atom. The maximum atomic E-state index is 12.0. The number of nitrogens with one attached hydrogen (secondary N) is 1. The minimum absolute atomic E-state index is 0.145. The maximum Gasteiger partial charge on any atom is 0.252 e. The van der Waals surface area contributed by atoms with Gasteiger partial charge >= 0.3 is 0 Å². The molecule has 0 saturated heterocycles. The summed E-state index contributed by atoms with van der Waals surface area (Å²) >= 11 is 9.34. The summed E-state index contributed by atoms with van der Waals surface area (Å²) in [6.45, 7) is 2.74. The number of amides is 1. The molecule has 100 valence electrons. The Morgan fingerprint density at radius 1 is 1.56 bits per heavy atom. The maximum absolute atomic E-state index is 12.0. The Balaban J connectivity index is 2.62. The first-order valence-electron chi connectivity index (χ1n) is 5.93. The van der Waals surface area contributed by atoms with Gasteiger partial charge in [-0.25, -0.2) is 0 Å². The molecule has 1 atom stereocenters. The van der Waals surface area contributed by atoms with Gasteiger partial charge in [0, 0.05) is 17.6 Å². The Labute approximate surface area is 121 Å². The van der Waals surface area contributed by atoms with Gasteiger partial charge in [-0.15, -0.1) is 0 Å². The zero-order valence-corrected chi connectivity index (χ0v) is 12.6. The van der Waals surface area contributed by atoms with Gasteiger partial charge in [0.2, 0.25) is 0 Å². The van der Waals surface area contributed by atoms with Crippen LogP contribution in [0.15, 0.2) is 22.7 Å². The number of halogens is 2. The number of aliphatic hydroxyl groups excluding tert-OH is 1. The third-order valence-corrected chi connectivity index (χ3v) is 4.16. The zero-order valence-electron chi connectivity index (χ0n) is 10.2. The van der Waals surface area contributed by atoms with Crippen molar-refractivity contribution in [1.29, 1.82) is 0 Å². The van der Waals surface area contributed by atoms with Gasteiger partial charge in [0.25, 0.3) is 5.91 Å². The van der Waals surface area contributed by atoms with E-state index in [1.54, 1.807) is 18.2 Å². The molecule has 1 unspecified atom stereocenters. The normalized spacial score (nSPS) is 12.2. The van der Waals surface area contributed by atoms with Gasteiger partial charge < -0.3 is 10.4 Å². The second-order valence-electron chi connectivity index (χ2n) is 4.10. The van der Waals surface area contributed by atoms with E-state index >= 15 is 0 Å². The third kappa shape index (κ3) is 4.26. The average Bonchev–Trinajstić information content (AvgIpc) is 2.37. The minimum Gasteiger partial charge on any atom is -0.396 e. The van der Waals surface area contributed by atoms with Crippen LogP contribution < -0.4 is 5.32 Å². The highest BCUT2D eigenvalue weighted by molar-refractivity contribution is 9.10. The van der Waals surface area contributed by atoms with E-state index in [9.17, 15) is 4.79 Å². The topological polar surface area (TPSA) is 49.3 Å². The van der Waals surface area contributed by atoms with Gasteiger partial charge in [0.15, 0.2) is 0 Å². The van der Waals surface area contributed by atoms with Crippen molar-refractivity contribution >= 4 is 33.4 Å². The van der Waals surface area contributed by atoms with E-state index in [0.29, 0.717) is 33.9 Å². The molecule has 0 saturated carbocycles. The fourth-order valence-electron chi connectivity index (χ4n) is 1.64. The Kier molecular flexibility index (Phi) is 6.68. The van der Waals surface area contributed by atoms with E-state index in [-0.39, 0.29) is 12.5 Å². The highest BCUT2D eigenvalue weighted by Crippen LogP contribution is 2.25. The lowest BCUT2D eigenvalue weighted by molar-refractivity contribution is 0.0943. The van der Waals surface area contributed by atoms with Gasteiger partial charge in [-0.3, -0.25) is 4.79 Å². The molecular formula is C13H17BrClNO2. The molecule has 18 heavy (non-hydrogen) atoms. The van der Waals surface area contributed by atoms with Crippen LogP contribution in [0.2, 0.25) is 5.02 Å². The zero-order chi connectivity index (χ0) is 13.5. The summed E-state index contributed by atoms with van der Waals surface area (Å²) in [7, 11) is 0. The van der Waals surface area contributed by atoms with Gasteiger partial charge in [-0.2, -0.15) is 0 Å². The average molecular weight is 335 g/mol. The smallest absolute Gasteiger partial charge is 0.252 e. The van der Waals surface area contributed by atoms with Crippen LogP contribution in [0.4, 0.5) is 0 Å². The van der Waals surface area contributed by atoms with Crippen LogP contribution in [-0.4, -0.2) is 24.2 Å². The molecule has 0 bridgehead atoms. The summed E-state index contributed by atoms with van der Waals surface area (Å²) in [6, 6.07) is 5.26. The fraction of sp³-hybridized carbons (Fsp3) is 0.462. The Bertz CT molecular complexity index is 412.